The molecule has 0 bridgehead atoms. The van der Waals surface area contributed by atoms with Gasteiger partial charge in [0.2, 0.25) is 5.95 Å². The van der Waals surface area contributed by atoms with Crippen LogP contribution >= 0.6 is 11.8 Å². The van der Waals surface area contributed by atoms with Gasteiger partial charge in [-0.2, -0.15) is 11.8 Å². The fraction of sp³-hybridized carbons (Fsp3) is 0.615. The number of aromatic nitrogens is 2. The number of carbonyl (C=O) groups is 1. The third-order valence-corrected chi connectivity index (χ3v) is 4.18. The van der Waals surface area contributed by atoms with Crippen LogP contribution in [0.4, 0.5) is 5.95 Å². The van der Waals surface area contributed by atoms with E-state index in [0.717, 1.165) is 12.2 Å². The number of thioether (sulfide) groups is 1. The van der Waals surface area contributed by atoms with Crippen LogP contribution in [0.2, 0.25) is 0 Å². The molecule has 1 N–H and O–H groups in total. The molecule has 1 aliphatic heterocycles. The molecule has 1 aliphatic rings. The number of anilines is 1. The summed E-state index contributed by atoms with van der Waals surface area (Å²) in [5.74, 6) is 2.56. The molecule has 104 valence electrons. The number of ether oxygens (including phenoxy) is 1. The zero-order valence-electron chi connectivity index (χ0n) is 11.3. The van der Waals surface area contributed by atoms with Crippen LogP contribution in [0.5, 0.6) is 0 Å². The zero-order valence-corrected chi connectivity index (χ0v) is 12.1. The number of carbonyl (C=O) groups excluding carboxylic acids is 1. The second-order valence-corrected chi connectivity index (χ2v) is 5.62. The van der Waals surface area contributed by atoms with Gasteiger partial charge in [-0.15, -0.1) is 0 Å². The summed E-state index contributed by atoms with van der Waals surface area (Å²) in [6, 6.07) is 0.423. The van der Waals surface area contributed by atoms with Crippen molar-refractivity contribution in [3.05, 3.63) is 17.5 Å². The van der Waals surface area contributed by atoms with Crippen molar-refractivity contribution in [1.29, 1.82) is 0 Å². The molecule has 1 aromatic rings. The Balaban J connectivity index is 2.03. The standard InChI is InChI=1S/C13H19N3O2S/c1-3-18-12(17)11-7-14-13(15-9(11)2)16-10-5-4-6-19-8-10/h7,10H,3-6,8H2,1-2H3,(H,14,15,16). The van der Waals surface area contributed by atoms with Crippen LogP contribution in [0.3, 0.4) is 0 Å². The first kappa shape index (κ1) is 14.1. The predicted octanol–water partition coefficient (Wildman–Crippen LogP) is 2.27. The van der Waals surface area contributed by atoms with Gasteiger partial charge in [0.15, 0.2) is 0 Å². The highest BCUT2D eigenvalue weighted by Crippen LogP contribution is 2.19. The fourth-order valence-electron chi connectivity index (χ4n) is 1.98. The van der Waals surface area contributed by atoms with Gasteiger partial charge >= 0.3 is 5.97 Å². The average Bonchev–Trinajstić information content (AvgIpc) is 2.40. The van der Waals surface area contributed by atoms with E-state index in [-0.39, 0.29) is 5.97 Å². The van der Waals surface area contributed by atoms with E-state index in [2.05, 4.69) is 15.3 Å². The molecule has 0 aliphatic carbocycles. The van der Waals surface area contributed by atoms with E-state index < -0.39 is 0 Å². The first-order valence-corrected chi connectivity index (χ1v) is 7.71. The third-order valence-electron chi connectivity index (χ3n) is 2.97. The molecule has 2 rings (SSSR count). The highest BCUT2D eigenvalue weighted by molar-refractivity contribution is 7.99. The molecule has 0 spiro atoms. The van der Waals surface area contributed by atoms with Gasteiger partial charge in [-0.3, -0.25) is 0 Å². The molecule has 1 saturated heterocycles. The van der Waals surface area contributed by atoms with Crippen LogP contribution in [0.1, 0.15) is 35.8 Å². The number of nitrogens with one attached hydrogen (secondary N) is 1. The Kier molecular flexibility index (Phi) is 5.01. The van der Waals surface area contributed by atoms with E-state index in [4.69, 9.17) is 4.74 Å². The Bertz CT molecular complexity index is 448. The monoisotopic (exact) mass is 281 g/mol. The maximum atomic E-state index is 11.6. The first-order valence-electron chi connectivity index (χ1n) is 6.55. The van der Waals surface area contributed by atoms with Gasteiger partial charge < -0.3 is 10.1 Å². The van der Waals surface area contributed by atoms with Crippen molar-refractivity contribution < 1.29 is 9.53 Å². The van der Waals surface area contributed by atoms with Crippen molar-refractivity contribution in [2.45, 2.75) is 32.7 Å². The molecule has 1 aromatic heterocycles. The summed E-state index contributed by atoms with van der Waals surface area (Å²) in [6.07, 6.45) is 3.91. The van der Waals surface area contributed by atoms with Gasteiger partial charge in [0.25, 0.3) is 0 Å². The van der Waals surface area contributed by atoms with E-state index in [1.54, 1.807) is 20.0 Å². The predicted molar refractivity (Wildman–Crippen MR) is 76.7 cm³/mol. The van der Waals surface area contributed by atoms with Crippen molar-refractivity contribution in [1.82, 2.24) is 9.97 Å². The number of hydrogen-bond acceptors (Lipinski definition) is 6. The van der Waals surface area contributed by atoms with Crippen LogP contribution in [0.25, 0.3) is 0 Å². The quantitative estimate of drug-likeness (QED) is 0.854. The normalized spacial score (nSPS) is 18.9. The van der Waals surface area contributed by atoms with Crippen LogP contribution in [0, 0.1) is 6.92 Å². The lowest BCUT2D eigenvalue weighted by Gasteiger charge is -2.22. The van der Waals surface area contributed by atoms with Gasteiger partial charge in [-0.25, -0.2) is 14.8 Å². The minimum absolute atomic E-state index is 0.359. The first-order chi connectivity index (χ1) is 9.20. The summed E-state index contributed by atoms with van der Waals surface area (Å²) >= 11 is 1.95. The van der Waals surface area contributed by atoms with Crippen LogP contribution in [-0.4, -0.2) is 40.1 Å². The Morgan fingerprint density at radius 3 is 3.11 bits per heavy atom. The fourth-order valence-corrected chi connectivity index (χ4v) is 3.05. The van der Waals surface area contributed by atoms with Crippen molar-refractivity contribution in [3.8, 4) is 0 Å². The molecular weight excluding hydrogens is 262 g/mol. The number of rotatable bonds is 4. The number of hydrogen-bond donors (Lipinski definition) is 1. The smallest absolute Gasteiger partial charge is 0.341 e. The molecule has 0 radical (unpaired) electrons. The van der Waals surface area contributed by atoms with Crippen molar-refractivity contribution >= 4 is 23.7 Å². The second kappa shape index (κ2) is 6.75. The molecule has 0 saturated carbocycles. The maximum absolute atomic E-state index is 11.6. The SMILES string of the molecule is CCOC(=O)c1cnc(NC2CCCSC2)nc1C. The molecule has 19 heavy (non-hydrogen) atoms. The zero-order chi connectivity index (χ0) is 13.7. The molecule has 1 unspecified atom stereocenters. The lowest BCUT2D eigenvalue weighted by molar-refractivity contribution is 0.0524. The van der Waals surface area contributed by atoms with Crippen LogP contribution in [-0.2, 0) is 4.74 Å². The molecular formula is C13H19N3O2S. The van der Waals surface area contributed by atoms with Crippen molar-refractivity contribution in [2.75, 3.05) is 23.4 Å². The minimum atomic E-state index is -0.361. The number of esters is 1. The Labute approximate surface area is 117 Å². The third kappa shape index (κ3) is 3.83. The highest BCUT2D eigenvalue weighted by atomic mass is 32.2. The topological polar surface area (TPSA) is 64.1 Å². The Hall–Kier alpha value is -1.30. The second-order valence-electron chi connectivity index (χ2n) is 4.47. The molecule has 6 heteroatoms. The lowest BCUT2D eigenvalue weighted by atomic mass is 10.2. The van der Waals surface area contributed by atoms with Crippen LogP contribution in [0.15, 0.2) is 6.20 Å². The van der Waals surface area contributed by atoms with Gasteiger partial charge in [0, 0.05) is 18.0 Å². The van der Waals surface area contributed by atoms with E-state index in [0.29, 0.717) is 29.9 Å². The number of nitrogens with zero attached hydrogens (tertiary/aromatic N) is 2. The summed E-state index contributed by atoms with van der Waals surface area (Å²) < 4.78 is 4.96. The highest BCUT2D eigenvalue weighted by Gasteiger charge is 2.16. The van der Waals surface area contributed by atoms with Crippen molar-refractivity contribution in [3.63, 3.8) is 0 Å². The van der Waals surface area contributed by atoms with E-state index in [9.17, 15) is 4.79 Å². The molecule has 1 fully saturated rings. The molecule has 1 atom stereocenters. The Morgan fingerprint density at radius 1 is 1.63 bits per heavy atom. The molecule has 5 nitrogen and oxygen atoms in total. The summed E-state index contributed by atoms with van der Waals surface area (Å²) in [4.78, 5) is 20.2. The number of aryl methyl sites for hydroxylation is 1. The minimum Gasteiger partial charge on any atom is -0.462 e. The maximum Gasteiger partial charge on any atom is 0.341 e. The van der Waals surface area contributed by atoms with Gasteiger partial charge in [0.05, 0.1) is 17.9 Å². The molecule has 2 heterocycles. The summed E-state index contributed by atoms with van der Waals surface area (Å²) in [6.45, 7) is 3.94. The van der Waals surface area contributed by atoms with Gasteiger partial charge in [-0.1, -0.05) is 0 Å². The van der Waals surface area contributed by atoms with Gasteiger partial charge in [-0.05, 0) is 32.4 Å². The lowest BCUT2D eigenvalue weighted by Crippen LogP contribution is -2.27. The summed E-state index contributed by atoms with van der Waals surface area (Å²) in [7, 11) is 0. The van der Waals surface area contributed by atoms with Gasteiger partial charge in [0.1, 0.15) is 0 Å². The van der Waals surface area contributed by atoms with Crippen LogP contribution < -0.4 is 5.32 Å². The van der Waals surface area contributed by atoms with E-state index >= 15 is 0 Å². The summed E-state index contributed by atoms with van der Waals surface area (Å²) in [5.41, 5.74) is 1.09. The van der Waals surface area contributed by atoms with E-state index in [1.807, 2.05) is 11.8 Å². The van der Waals surface area contributed by atoms with E-state index in [1.165, 1.54) is 12.2 Å². The molecule has 0 aromatic carbocycles. The largest absolute Gasteiger partial charge is 0.462 e. The van der Waals surface area contributed by atoms with Crippen molar-refractivity contribution in [2.24, 2.45) is 0 Å². The summed E-state index contributed by atoms with van der Waals surface area (Å²) in [5, 5.41) is 3.32. The Morgan fingerprint density at radius 2 is 2.47 bits per heavy atom. The average molecular weight is 281 g/mol. The molecule has 0 amide bonds.